The molecule has 5 heteroatoms. The second-order valence-corrected chi connectivity index (χ2v) is 3.92. The Bertz CT molecular complexity index is 334. The van der Waals surface area contributed by atoms with Crippen LogP contribution in [-0.2, 0) is 16.0 Å². The highest BCUT2D eigenvalue weighted by atomic mass is 32.1. The van der Waals surface area contributed by atoms with Crippen LogP contribution >= 0.6 is 11.3 Å². The zero-order chi connectivity index (χ0) is 9.26. The average molecular weight is 196 g/mol. The van der Waals surface area contributed by atoms with Crippen molar-refractivity contribution in [3.63, 3.8) is 0 Å². The van der Waals surface area contributed by atoms with Crippen molar-refractivity contribution in [1.29, 1.82) is 0 Å². The number of amides is 2. The third-order valence-electron chi connectivity index (χ3n) is 1.97. The number of nitrogens with zero attached hydrogens (tertiary/aromatic N) is 1. The number of rotatable bonds is 2. The summed E-state index contributed by atoms with van der Waals surface area (Å²) in [7, 11) is 0. The van der Waals surface area contributed by atoms with Gasteiger partial charge >= 0.3 is 0 Å². The summed E-state index contributed by atoms with van der Waals surface area (Å²) in [6, 6.07) is 0. The van der Waals surface area contributed by atoms with Gasteiger partial charge in [-0.3, -0.25) is 14.9 Å². The molecule has 1 aliphatic rings. The molecular formula is C8H8N2O2S. The summed E-state index contributed by atoms with van der Waals surface area (Å²) >= 11 is 1.51. The molecule has 13 heavy (non-hydrogen) atoms. The third-order valence-corrected chi connectivity index (χ3v) is 2.77. The van der Waals surface area contributed by atoms with Gasteiger partial charge < -0.3 is 0 Å². The molecule has 1 aromatic heterocycles. The largest absolute Gasteiger partial charge is 0.296 e. The Balaban J connectivity index is 2.03. The first-order valence-electron chi connectivity index (χ1n) is 3.98. The lowest BCUT2D eigenvalue weighted by Crippen LogP contribution is -2.22. The molecule has 2 heterocycles. The Morgan fingerprint density at radius 1 is 1.62 bits per heavy atom. The van der Waals surface area contributed by atoms with Gasteiger partial charge in [0, 0.05) is 24.4 Å². The van der Waals surface area contributed by atoms with Crippen molar-refractivity contribution in [1.82, 2.24) is 10.3 Å². The topological polar surface area (TPSA) is 59.1 Å². The zero-order valence-electron chi connectivity index (χ0n) is 6.82. The van der Waals surface area contributed by atoms with Crippen LogP contribution in [0.2, 0.25) is 0 Å². The molecule has 0 spiro atoms. The molecule has 2 amide bonds. The molecule has 0 aromatic carbocycles. The predicted molar refractivity (Wildman–Crippen MR) is 47.1 cm³/mol. The fraction of sp³-hybridized carbons (Fsp3) is 0.375. The SMILES string of the molecule is O=C1CC(Cc2nccs2)C(=O)N1. The number of carbonyl (C=O) groups is 2. The third kappa shape index (κ3) is 1.75. The molecule has 4 nitrogen and oxygen atoms in total. The first-order chi connectivity index (χ1) is 6.25. The van der Waals surface area contributed by atoms with Crippen molar-refractivity contribution in [2.75, 3.05) is 0 Å². The number of thiazole rings is 1. The lowest BCUT2D eigenvalue weighted by atomic mass is 10.1. The fourth-order valence-corrected chi connectivity index (χ4v) is 2.03. The van der Waals surface area contributed by atoms with Gasteiger partial charge in [-0.1, -0.05) is 0 Å². The molecule has 0 bridgehead atoms. The molecule has 1 unspecified atom stereocenters. The van der Waals surface area contributed by atoms with Gasteiger partial charge in [-0.15, -0.1) is 11.3 Å². The Hall–Kier alpha value is -1.23. The van der Waals surface area contributed by atoms with Gasteiger partial charge in [0.05, 0.1) is 10.9 Å². The summed E-state index contributed by atoms with van der Waals surface area (Å²) in [4.78, 5) is 26.1. The molecule has 2 rings (SSSR count). The molecule has 1 N–H and O–H groups in total. The number of aromatic nitrogens is 1. The van der Waals surface area contributed by atoms with Crippen LogP contribution in [0.1, 0.15) is 11.4 Å². The summed E-state index contributed by atoms with van der Waals surface area (Å²) < 4.78 is 0. The van der Waals surface area contributed by atoms with E-state index in [1.807, 2.05) is 5.38 Å². The first-order valence-corrected chi connectivity index (χ1v) is 4.86. The van der Waals surface area contributed by atoms with Crippen molar-refractivity contribution < 1.29 is 9.59 Å². The number of carbonyl (C=O) groups excluding carboxylic acids is 2. The van der Waals surface area contributed by atoms with Gasteiger partial charge in [0.1, 0.15) is 0 Å². The monoisotopic (exact) mass is 196 g/mol. The van der Waals surface area contributed by atoms with Gasteiger partial charge in [-0.25, -0.2) is 4.98 Å². The lowest BCUT2D eigenvalue weighted by Gasteiger charge is -2.00. The first kappa shape index (κ1) is 8.37. The highest BCUT2D eigenvalue weighted by Gasteiger charge is 2.30. The summed E-state index contributed by atoms with van der Waals surface area (Å²) in [5, 5.41) is 5.06. The van der Waals surface area contributed by atoms with E-state index in [0.717, 1.165) is 5.01 Å². The van der Waals surface area contributed by atoms with Crippen molar-refractivity contribution in [3.05, 3.63) is 16.6 Å². The molecule has 1 saturated heterocycles. The molecule has 1 aliphatic heterocycles. The van der Waals surface area contributed by atoms with Crippen LogP contribution in [0.4, 0.5) is 0 Å². The van der Waals surface area contributed by atoms with Crippen LogP contribution in [-0.4, -0.2) is 16.8 Å². The summed E-state index contributed by atoms with van der Waals surface area (Å²) in [5.74, 6) is -0.551. The van der Waals surface area contributed by atoms with E-state index >= 15 is 0 Å². The highest BCUT2D eigenvalue weighted by Crippen LogP contribution is 2.18. The minimum absolute atomic E-state index is 0.166. The van der Waals surface area contributed by atoms with E-state index in [4.69, 9.17) is 0 Å². The maximum absolute atomic E-state index is 11.2. The van der Waals surface area contributed by atoms with E-state index < -0.39 is 0 Å². The molecule has 1 aromatic rings. The van der Waals surface area contributed by atoms with Gasteiger partial charge in [0.15, 0.2) is 0 Å². The molecular weight excluding hydrogens is 188 g/mol. The lowest BCUT2D eigenvalue weighted by molar-refractivity contribution is -0.125. The minimum atomic E-state index is -0.210. The van der Waals surface area contributed by atoms with Crippen LogP contribution in [0.3, 0.4) is 0 Å². The second-order valence-electron chi connectivity index (χ2n) is 2.94. The summed E-state index contributed by atoms with van der Waals surface area (Å²) in [6.45, 7) is 0. The van der Waals surface area contributed by atoms with E-state index in [-0.39, 0.29) is 17.7 Å². The highest BCUT2D eigenvalue weighted by molar-refractivity contribution is 7.09. The minimum Gasteiger partial charge on any atom is -0.296 e. The molecule has 68 valence electrons. The van der Waals surface area contributed by atoms with Crippen LogP contribution in [0.5, 0.6) is 0 Å². The molecule has 1 fully saturated rings. The van der Waals surface area contributed by atoms with E-state index in [1.54, 1.807) is 6.20 Å². The fourth-order valence-electron chi connectivity index (χ4n) is 1.34. The predicted octanol–water partition coefficient (Wildman–Crippen LogP) is 0.348. The van der Waals surface area contributed by atoms with E-state index in [1.165, 1.54) is 11.3 Å². The second kappa shape index (κ2) is 3.26. The molecule has 0 aliphatic carbocycles. The number of imide groups is 1. The van der Waals surface area contributed by atoms with Gasteiger partial charge in [-0.05, 0) is 0 Å². The molecule has 0 saturated carbocycles. The van der Waals surface area contributed by atoms with E-state index in [2.05, 4.69) is 10.3 Å². The van der Waals surface area contributed by atoms with Crippen molar-refractivity contribution in [2.24, 2.45) is 5.92 Å². The van der Waals surface area contributed by atoms with Crippen LogP contribution in [0, 0.1) is 5.92 Å². The Kier molecular flexibility index (Phi) is 2.10. The van der Waals surface area contributed by atoms with Gasteiger partial charge in [0.25, 0.3) is 0 Å². The quantitative estimate of drug-likeness (QED) is 0.694. The smallest absolute Gasteiger partial charge is 0.230 e. The molecule has 1 atom stereocenters. The Labute approximate surface area is 79.0 Å². The van der Waals surface area contributed by atoms with Crippen molar-refractivity contribution >= 4 is 23.2 Å². The average Bonchev–Trinajstić information content (AvgIpc) is 2.63. The Morgan fingerprint density at radius 3 is 3.00 bits per heavy atom. The zero-order valence-corrected chi connectivity index (χ0v) is 7.63. The van der Waals surface area contributed by atoms with E-state index in [9.17, 15) is 9.59 Å². The van der Waals surface area contributed by atoms with E-state index in [0.29, 0.717) is 12.8 Å². The van der Waals surface area contributed by atoms with Gasteiger partial charge in [0.2, 0.25) is 11.8 Å². The van der Waals surface area contributed by atoms with Crippen molar-refractivity contribution in [2.45, 2.75) is 12.8 Å². The van der Waals surface area contributed by atoms with Crippen LogP contribution < -0.4 is 5.32 Å². The van der Waals surface area contributed by atoms with Gasteiger partial charge in [-0.2, -0.15) is 0 Å². The Morgan fingerprint density at radius 2 is 2.46 bits per heavy atom. The normalized spacial score (nSPS) is 22.0. The number of hydrogen-bond donors (Lipinski definition) is 1. The summed E-state index contributed by atoms with van der Waals surface area (Å²) in [5.41, 5.74) is 0. The number of nitrogens with one attached hydrogen (secondary N) is 1. The number of hydrogen-bond acceptors (Lipinski definition) is 4. The molecule has 0 radical (unpaired) electrons. The van der Waals surface area contributed by atoms with Crippen LogP contribution in [0.15, 0.2) is 11.6 Å². The maximum atomic E-state index is 11.2. The maximum Gasteiger partial charge on any atom is 0.230 e. The van der Waals surface area contributed by atoms with Crippen molar-refractivity contribution in [3.8, 4) is 0 Å². The standard InChI is InChI=1S/C8H8N2O2S/c11-6-3-5(8(12)10-6)4-7-9-1-2-13-7/h1-2,5H,3-4H2,(H,10,11,12). The summed E-state index contributed by atoms with van der Waals surface area (Å²) in [6.07, 6.45) is 2.59. The van der Waals surface area contributed by atoms with Crippen LogP contribution in [0.25, 0.3) is 0 Å².